The van der Waals surface area contributed by atoms with Crippen LogP contribution in [0.2, 0.25) is 0 Å². The first-order chi connectivity index (χ1) is 7.93. The number of methoxy groups -OCH3 is 1. The van der Waals surface area contributed by atoms with Gasteiger partial charge >= 0.3 is 5.97 Å². The van der Waals surface area contributed by atoms with Crippen LogP contribution in [0.1, 0.15) is 26.7 Å². The minimum Gasteiger partial charge on any atom is -0.469 e. The Kier molecular flexibility index (Phi) is 3.27. The maximum absolute atomic E-state index is 11.7. The summed E-state index contributed by atoms with van der Waals surface area (Å²) in [6.45, 7) is 8.30. The number of carbonyl (C=O) groups excluding carboxylic acids is 1. The Morgan fingerprint density at radius 3 is 2.71 bits per heavy atom. The molecule has 0 unspecified atom stereocenters. The van der Waals surface area contributed by atoms with E-state index < -0.39 is 5.79 Å². The molecule has 2 aliphatic rings. The third-order valence-corrected chi connectivity index (χ3v) is 3.56. The summed E-state index contributed by atoms with van der Waals surface area (Å²) in [7, 11) is 1.43. The van der Waals surface area contributed by atoms with E-state index in [2.05, 4.69) is 6.58 Å². The fourth-order valence-corrected chi connectivity index (χ4v) is 2.75. The van der Waals surface area contributed by atoms with Gasteiger partial charge in [0.1, 0.15) is 0 Å². The normalized spacial score (nSPS) is 36.2. The van der Waals surface area contributed by atoms with Gasteiger partial charge in [-0.25, -0.2) is 0 Å². The number of carbonyl (C=O) groups is 1. The maximum atomic E-state index is 11.7. The zero-order valence-electron chi connectivity index (χ0n) is 10.7. The quantitative estimate of drug-likeness (QED) is 0.546. The van der Waals surface area contributed by atoms with Crippen LogP contribution in [-0.4, -0.2) is 31.6 Å². The summed E-state index contributed by atoms with van der Waals surface area (Å²) < 4.78 is 16.2. The van der Waals surface area contributed by atoms with E-state index in [1.165, 1.54) is 7.11 Å². The van der Waals surface area contributed by atoms with Gasteiger partial charge in [-0.05, 0) is 26.7 Å². The topological polar surface area (TPSA) is 44.8 Å². The van der Waals surface area contributed by atoms with Gasteiger partial charge in [-0.2, -0.15) is 0 Å². The van der Waals surface area contributed by atoms with Gasteiger partial charge in [-0.3, -0.25) is 4.79 Å². The van der Waals surface area contributed by atoms with E-state index in [1.54, 1.807) is 0 Å². The Hall–Kier alpha value is -0.870. The van der Waals surface area contributed by atoms with Crippen LogP contribution in [0.3, 0.4) is 0 Å². The fraction of sp³-hybridized carbons (Fsp3) is 0.769. The van der Waals surface area contributed by atoms with Gasteiger partial charge < -0.3 is 14.2 Å². The van der Waals surface area contributed by atoms with Gasteiger partial charge in [-0.1, -0.05) is 12.2 Å². The molecule has 1 heterocycles. The molecule has 0 amide bonds. The molecule has 0 bridgehead atoms. The molecule has 17 heavy (non-hydrogen) atoms. The second-order valence-electron chi connectivity index (χ2n) is 5.32. The van der Waals surface area contributed by atoms with Crippen molar-refractivity contribution in [2.45, 2.75) is 38.6 Å². The average molecular weight is 240 g/mol. The van der Waals surface area contributed by atoms with Crippen molar-refractivity contribution in [3.05, 3.63) is 12.2 Å². The first-order valence-corrected chi connectivity index (χ1v) is 5.99. The molecule has 96 valence electrons. The van der Waals surface area contributed by atoms with Crippen LogP contribution in [0.15, 0.2) is 12.2 Å². The van der Waals surface area contributed by atoms with Crippen molar-refractivity contribution in [3.63, 3.8) is 0 Å². The highest BCUT2D eigenvalue weighted by Gasteiger charge is 2.46. The molecule has 3 atom stereocenters. The summed E-state index contributed by atoms with van der Waals surface area (Å²) in [6.07, 6.45) is 1.50. The number of esters is 1. The van der Waals surface area contributed by atoms with Gasteiger partial charge in [0.05, 0.1) is 25.7 Å². The smallest absolute Gasteiger partial charge is 0.309 e. The van der Waals surface area contributed by atoms with Crippen LogP contribution in [0.5, 0.6) is 0 Å². The number of hydrogen-bond donors (Lipinski definition) is 0. The van der Waals surface area contributed by atoms with Gasteiger partial charge in [0.2, 0.25) is 0 Å². The van der Waals surface area contributed by atoms with E-state index >= 15 is 0 Å². The molecule has 0 aromatic rings. The molecule has 2 rings (SSSR count). The monoisotopic (exact) mass is 240 g/mol. The van der Waals surface area contributed by atoms with Crippen molar-refractivity contribution < 1.29 is 19.0 Å². The standard InChI is InChI=1S/C13H20O4/c1-8-5-9(10(6-8)12(14)15-4)11-7-16-13(2,3)17-11/h9-11H,1,5-7H2,2-4H3/t9-,10+,11-/m0/s1. The third-order valence-electron chi connectivity index (χ3n) is 3.56. The third kappa shape index (κ3) is 2.53. The number of hydrogen-bond acceptors (Lipinski definition) is 4. The first-order valence-electron chi connectivity index (χ1n) is 5.99. The van der Waals surface area contributed by atoms with Gasteiger partial charge in [-0.15, -0.1) is 0 Å². The van der Waals surface area contributed by atoms with E-state index in [1.807, 2.05) is 13.8 Å². The molecule has 4 heteroatoms. The molecule has 1 aliphatic heterocycles. The molecular formula is C13H20O4. The van der Waals surface area contributed by atoms with Crippen LogP contribution >= 0.6 is 0 Å². The molecule has 0 aromatic heterocycles. The van der Waals surface area contributed by atoms with Crippen LogP contribution in [-0.2, 0) is 19.0 Å². The zero-order valence-corrected chi connectivity index (χ0v) is 10.7. The minimum absolute atomic E-state index is 0.0339. The summed E-state index contributed by atoms with van der Waals surface area (Å²) in [5, 5.41) is 0. The first kappa shape index (κ1) is 12.6. The lowest BCUT2D eigenvalue weighted by Crippen LogP contribution is -2.32. The van der Waals surface area contributed by atoms with Gasteiger partial charge in [0.25, 0.3) is 0 Å². The SMILES string of the molecule is C=C1C[C@H]([C@@H]2COC(C)(C)O2)[C@H](C(=O)OC)C1. The number of rotatable bonds is 2. The summed E-state index contributed by atoms with van der Waals surface area (Å²) in [6, 6.07) is 0. The lowest BCUT2D eigenvalue weighted by atomic mass is 9.91. The van der Waals surface area contributed by atoms with E-state index in [-0.39, 0.29) is 23.9 Å². The van der Waals surface area contributed by atoms with Crippen LogP contribution in [0.4, 0.5) is 0 Å². The van der Waals surface area contributed by atoms with Crippen molar-refractivity contribution in [3.8, 4) is 0 Å². The molecule has 1 saturated heterocycles. The van der Waals surface area contributed by atoms with Gasteiger partial charge in [0.15, 0.2) is 5.79 Å². The highest BCUT2D eigenvalue weighted by Crippen LogP contribution is 2.42. The molecule has 0 radical (unpaired) electrons. The molecule has 1 aliphatic carbocycles. The van der Waals surface area contributed by atoms with Crippen LogP contribution in [0.25, 0.3) is 0 Å². The molecule has 0 spiro atoms. The van der Waals surface area contributed by atoms with Crippen molar-refractivity contribution >= 4 is 5.97 Å². The molecular weight excluding hydrogens is 220 g/mol. The molecule has 4 nitrogen and oxygen atoms in total. The summed E-state index contributed by atoms with van der Waals surface area (Å²) in [4.78, 5) is 11.7. The lowest BCUT2D eigenvalue weighted by Gasteiger charge is -2.24. The lowest BCUT2D eigenvalue weighted by molar-refractivity contribution is -0.157. The summed E-state index contributed by atoms with van der Waals surface area (Å²) in [5.41, 5.74) is 1.10. The largest absolute Gasteiger partial charge is 0.469 e. The predicted molar refractivity (Wildman–Crippen MR) is 62.3 cm³/mol. The summed E-state index contributed by atoms with van der Waals surface area (Å²) in [5.74, 6) is -0.705. The molecule has 0 aromatic carbocycles. The second kappa shape index (κ2) is 4.42. The van der Waals surface area contributed by atoms with Crippen molar-refractivity contribution in [1.82, 2.24) is 0 Å². The zero-order chi connectivity index (χ0) is 12.6. The Morgan fingerprint density at radius 2 is 2.18 bits per heavy atom. The maximum Gasteiger partial charge on any atom is 0.309 e. The predicted octanol–water partition coefficient (Wildman–Crippen LogP) is 1.89. The van der Waals surface area contributed by atoms with Crippen molar-refractivity contribution in [1.29, 1.82) is 0 Å². The molecule has 2 fully saturated rings. The van der Waals surface area contributed by atoms with Crippen molar-refractivity contribution in [2.75, 3.05) is 13.7 Å². The van der Waals surface area contributed by atoms with E-state index in [9.17, 15) is 4.79 Å². The Balaban J connectivity index is 2.09. The summed E-state index contributed by atoms with van der Waals surface area (Å²) >= 11 is 0. The second-order valence-corrected chi connectivity index (χ2v) is 5.32. The van der Waals surface area contributed by atoms with Crippen LogP contribution < -0.4 is 0 Å². The minimum atomic E-state index is -0.546. The molecule has 1 saturated carbocycles. The Bertz CT molecular complexity index is 334. The number of allylic oxidation sites excluding steroid dienone is 1. The van der Waals surface area contributed by atoms with Gasteiger partial charge in [0, 0.05) is 5.92 Å². The highest BCUT2D eigenvalue weighted by molar-refractivity contribution is 5.73. The van der Waals surface area contributed by atoms with E-state index in [0.717, 1.165) is 12.0 Å². The Morgan fingerprint density at radius 1 is 1.47 bits per heavy atom. The Labute approximate surface area is 102 Å². The van der Waals surface area contributed by atoms with Crippen molar-refractivity contribution in [2.24, 2.45) is 11.8 Å². The molecule has 0 N–H and O–H groups in total. The highest BCUT2D eigenvalue weighted by atomic mass is 16.7. The fourth-order valence-electron chi connectivity index (χ4n) is 2.75. The number of ether oxygens (including phenoxy) is 3. The van der Waals surface area contributed by atoms with E-state index in [0.29, 0.717) is 13.0 Å². The van der Waals surface area contributed by atoms with Crippen LogP contribution in [0, 0.1) is 11.8 Å². The van der Waals surface area contributed by atoms with E-state index in [4.69, 9.17) is 14.2 Å². The average Bonchev–Trinajstić information content (AvgIpc) is 2.80.